The Bertz CT molecular complexity index is 413. The van der Waals surface area contributed by atoms with Gasteiger partial charge in [-0.15, -0.1) is 0 Å². The minimum Gasteiger partial charge on any atom is -0.468 e. The second-order valence-corrected chi connectivity index (χ2v) is 6.46. The first-order chi connectivity index (χ1) is 8.49. The summed E-state index contributed by atoms with van der Waals surface area (Å²) in [6, 6.07) is 3.93. The highest BCUT2D eigenvalue weighted by Gasteiger charge is 2.10. The van der Waals surface area contributed by atoms with Crippen molar-refractivity contribution in [3.05, 3.63) is 24.2 Å². The molecule has 0 unspecified atom stereocenters. The van der Waals surface area contributed by atoms with E-state index >= 15 is 0 Å². The van der Waals surface area contributed by atoms with Crippen molar-refractivity contribution in [1.82, 2.24) is 10.0 Å². The van der Waals surface area contributed by atoms with Crippen molar-refractivity contribution in [2.45, 2.75) is 39.3 Å². The average molecular weight is 274 g/mol. The SMILES string of the molecule is CC(C)NCCCCS(=O)(=O)NCc1ccco1. The van der Waals surface area contributed by atoms with E-state index in [1.165, 1.54) is 6.26 Å². The van der Waals surface area contributed by atoms with Crippen molar-refractivity contribution in [3.8, 4) is 0 Å². The Balaban J connectivity index is 2.15. The van der Waals surface area contributed by atoms with Gasteiger partial charge < -0.3 is 9.73 Å². The third-order valence-electron chi connectivity index (χ3n) is 2.44. The fourth-order valence-corrected chi connectivity index (χ4v) is 2.56. The molecule has 104 valence electrons. The van der Waals surface area contributed by atoms with Crippen LogP contribution in [0.2, 0.25) is 0 Å². The van der Waals surface area contributed by atoms with Gasteiger partial charge in [-0.3, -0.25) is 0 Å². The molecule has 1 heterocycles. The highest BCUT2D eigenvalue weighted by Crippen LogP contribution is 2.01. The third kappa shape index (κ3) is 6.78. The average Bonchev–Trinajstić information content (AvgIpc) is 2.78. The van der Waals surface area contributed by atoms with Gasteiger partial charge >= 0.3 is 0 Å². The van der Waals surface area contributed by atoms with Gasteiger partial charge in [-0.2, -0.15) is 0 Å². The molecule has 5 nitrogen and oxygen atoms in total. The van der Waals surface area contributed by atoms with E-state index in [4.69, 9.17) is 4.42 Å². The zero-order chi connectivity index (χ0) is 13.4. The standard InChI is InChI=1S/C12H22N2O3S/c1-11(2)13-7-3-4-9-18(15,16)14-10-12-6-5-8-17-12/h5-6,8,11,13-14H,3-4,7,9-10H2,1-2H3. The zero-order valence-electron chi connectivity index (χ0n) is 11.0. The Morgan fingerprint density at radius 2 is 2.11 bits per heavy atom. The predicted molar refractivity (Wildman–Crippen MR) is 71.7 cm³/mol. The van der Waals surface area contributed by atoms with E-state index in [-0.39, 0.29) is 12.3 Å². The summed E-state index contributed by atoms with van der Waals surface area (Å²) in [4.78, 5) is 0. The van der Waals surface area contributed by atoms with Crippen LogP contribution in [0.5, 0.6) is 0 Å². The molecule has 0 atom stereocenters. The molecule has 0 fully saturated rings. The normalized spacial score (nSPS) is 12.2. The van der Waals surface area contributed by atoms with Crippen molar-refractivity contribution in [2.75, 3.05) is 12.3 Å². The van der Waals surface area contributed by atoms with E-state index in [0.717, 1.165) is 13.0 Å². The lowest BCUT2D eigenvalue weighted by Crippen LogP contribution is -2.27. The lowest BCUT2D eigenvalue weighted by molar-refractivity contribution is 0.498. The fraction of sp³-hybridized carbons (Fsp3) is 0.667. The molecule has 0 saturated heterocycles. The van der Waals surface area contributed by atoms with Crippen molar-refractivity contribution in [1.29, 1.82) is 0 Å². The van der Waals surface area contributed by atoms with Gasteiger partial charge in [0.05, 0.1) is 18.6 Å². The van der Waals surface area contributed by atoms with E-state index < -0.39 is 10.0 Å². The highest BCUT2D eigenvalue weighted by atomic mass is 32.2. The van der Waals surface area contributed by atoms with Crippen LogP contribution in [0.1, 0.15) is 32.4 Å². The number of hydrogen-bond donors (Lipinski definition) is 2. The topological polar surface area (TPSA) is 71.3 Å². The summed E-state index contributed by atoms with van der Waals surface area (Å²) < 4.78 is 30.9. The maximum Gasteiger partial charge on any atom is 0.212 e. The number of sulfonamides is 1. The van der Waals surface area contributed by atoms with Gasteiger partial charge in [-0.1, -0.05) is 13.8 Å². The van der Waals surface area contributed by atoms with Crippen LogP contribution in [0.4, 0.5) is 0 Å². The Labute approximate surface area is 109 Å². The predicted octanol–water partition coefficient (Wildman–Crippen LogP) is 1.48. The van der Waals surface area contributed by atoms with Gasteiger partial charge in [0.25, 0.3) is 0 Å². The second-order valence-electron chi connectivity index (χ2n) is 4.54. The van der Waals surface area contributed by atoms with Crippen LogP contribution in [0.15, 0.2) is 22.8 Å². The van der Waals surface area contributed by atoms with Gasteiger partial charge in [0, 0.05) is 6.04 Å². The molecule has 0 amide bonds. The molecule has 1 aromatic rings. The molecule has 0 saturated carbocycles. The lowest BCUT2D eigenvalue weighted by Gasteiger charge is -2.08. The van der Waals surface area contributed by atoms with Crippen molar-refractivity contribution < 1.29 is 12.8 Å². The first-order valence-electron chi connectivity index (χ1n) is 6.23. The van der Waals surface area contributed by atoms with Crippen LogP contribution in [0.25, 0.3) is 0 Å². The Hall–Kier alpha value is -0.850. The molecular weight excluding hydrogens is 252 g/mol. The zero-order valence-corrected chi connectivity index (χ0v) is 11.8. The van der Waals surface area contributed by atoms with Gasteiger partial charge in [-0.05, 0) is 31.5 Å². The number of unbranched alkanes of at least 4 members (excludes halogenated alkanes) is 1. The quantitative estimate of drug-likeness (QED) is 0.669. The molecule has 1 aromatic heterocycles. The molecule has 0 aliphatic carbocycles. The first-order valence-corrected chi connectivity index (χ1v) is 7.88. The highest BCUT2D eigenvalue weighted by molar-refractivity contribution is 7.89. The summed E-state index contributed by atoms with van der Waals surface area (Å²) in [5.74, 6) is 0.785. The molecule has 2 N–H and O–H groups in total. The van der Waals surface area contributed by atoms with Crippen LogP contribution in [-0.4, -0.2) is 26.8 Å². The Morgan fingerprint density at radius 3 is 2.72 bits per heavy atom. The second kappa shape index (κ2) is 7.56. The van der Waals surface area contributed by atoms with E-state index in [2.05, 4.69) is 23.9 Å². The maximum absolute atomic E-state index is 11.6. The molecule has 0 aliphatic rings. The summed E-state index contributed by atoms with van der Waals surface area (Å²) in [7, 11) is -3.20. The monoisotopic (exact) mass is 274 g/mol. The van der Waals surface area contributed by atoms with E-state index in [1.807, 2.05) is 0 Å². The van der Waals surface area contributed by atoms with Gasteiger partial charge in [0.1, 0.15) is 5.76 Å². The van der Waals surface area contributed by atoms with Crippen LogP contribution in [0.3, 0.4) is 0 Å². The molecule has 18 heavy (non-hydrogen) atoms. The first kappa shape index (κ1) is 15.2. The molecule has 0 aromatic carbocycles. The minimum atomic E-state index is -3.20. The van der Waals surface area contributed by atoms with Crippen molar-refractivity contribution in [3.63, 3.8) is 0 Å². The van der Waals surface area contributed by atoms with Gasteiger partial charge in [0.2, 0.25) is 10.0 Å². The van der Waals surface area contributed by atoms with E-state index in [0.29, 0.717) is 18.2 Å². The lowest BCUT2D eigenvalue weighted by atomic mass is 10.3. The molecule has 0 bridgehead atoms. The summed E-state index contributed by atoms with van der Waals surface area (Å²) in [6.45, 7) is 5.22. The largest absolute Gasteiger partial charge is 0.468 e. The van der Waals surface area contributed by atoms with Crippen LogP contribution in [-0.2, 0) is 16.6 Å². The molecule has 6 heteroatoms. The summed E-state index contributed by atoms with van der Waals surface area (Å²) in [6.07, 6.45) is 3.05. The summed E-state index contributed by atoms with van der Waals surface area (Å²) in [5.41, 5.74) is 0. The maximum atomic E-state index is 11.6. The Kier molecular flexibility index (Phi) is 6.38. The van der Waals surface area contributed by atoms with Gasteiger partial charge in [0.15, 0.2) is 0 Å². The fourth-order valence-electron chi connectivity index (χ4n) is 1.47. The molecule has 0 aliphatic heterocycles. The summed E-state index contributed by atoms with van der Waals surface area (Å²) in [5, 5.41) is 3.26. The molecule has 0 spiro atoms. The minimum absolute atomic E-state index is 0.160. The number of furan rings is 1. The van der Waals surface area contributed by atoms with Crippen molar-refractivity contribution in [2.24, 2.45) is 0 Å². The number of rotatable bonds is 9. The summed E-state index contributed by atoms with van der Waals surface area (Å²) >= 11 is 0. The van der Waals surface area contributed by atoms with Crippen LogP contribution in [0, 0.1) is 0 Å². The third-order valence-corrected chi connectivity index (χ3v) is 3.85. The molecular formula is C12H22N2O3S. The van der Waals surface area contributed by atoms with E-state index in [1.54, 1.807) is 12.1 Å². The van der Waals surface area contributed by atoms with Crippen LogP contribution < -0.4 is 10.0 Å². The number of hydrogen-bond acceptors (Lipinski definition) is 4. The Morgan fingerprint density at radius 1 is 1.33 bits per heavy atom. The van der Waals surface area contributed by atoms with Crippen molar-refractivity contribution >= 4 is 10.0 Å². The molecule has 1 rings (SSSR count). The van der Waals surface area contributed by atoms with E-state index in [9.17, 15) is 8.42 Å². The number of nitrogens with one attached hydrogen (secondary N) is 2. The van der Waals surface area contributed by atoms with Gasteiger partial charge in [-0.25, -0.2) is 13.1 Å². The smallest absolute Gasteiger partial charge is 0.212 e. The molecule has 0 radical (unpaired) electrons. The van der Waals surface area contributed by atoms with Crippen LogP contribution >= 0.6 is 0 Å².